The Balaban J connectivity index is 2.32. The molecule has 0 atom stereocenters. The summed E-state index contributed by atoms with van der Waals surface area (Å²) < 4.78 is 1.14. The van der Waals surface area contributed by atoms with E-state index in [0.29, 0.717) is 0 Å². The highest BCUT2D eigenvalue weighted by Crippen LogP contribution is 2.06. The van der Waals surface area contributed by atoms with Gasteiger partial charge in [-0.2, -0.15) is 0 Å². The molecule has 0 aromatic heterocycles. The summed E-state index contributed by atoms with van der Waals surface area (Å²) in [5.41, 5.74) is 0.734. The number of amides is 1. The van der Waals surface area contributed by atoms with Gasteiger partial charge in [-0.25, -0.2) is 0 Å². The number of halogens is 1. The number of hydrogen-bond donors (Lipinski definition) is 2. The molecule has 0 saturated heterocycles. The minimum atomic E-state index is 0.0187. The van der Waals surface area contributed by atoms with Crippen LogP contribution in [0.15, 0.2) is 24.3 Å². The molecule has 2 N–H and O–H groups in total. The number of carbonyl (C=O) groups is 1. The second-order valence-electron chi connectivity index (χ2n) is 4.07. The van der Waals surface area contributed by atoms with Crippen LogP contribution in [0.2, 0.25) is 0 Å². The molecule has 0 unspecified atom stereocenters. The van der Waals surface area contributed by atoms with Gasteiger partial charge in [0, 0.05) is 22.1 Å². The number of quaternary nitrogens is 1. The van der Waals surface area contributed by atoms with E-state index >= 15 is 0 Å². The molecule has 0 aliphatic heterocycles. The first-order valence-corrected chi connectivity index (χ1v) is 6.50. The highest BCUT2D eigenvalue weighted by molar-refractivity contribution is 14.1. The largest absolute Gasteiger partial charge is 0.352 e. The molecule has 0 radical (unpaired) electrons. The van der Waals surface area contributed by atoms with Crippen LogP contribution in [0.5, 0.6) is 0 Å². The predicted molar refractivity (Wildman–Crippen MR) is 73.8 cm³/mol. The average Bonchev–Trinajstić information content (AvgIpc) is 2.25. The second-order valence-corrected chi connectivity index (χ2v) is 5.32. The van der Waals surface area contributed by atoms with E-state index in [9.17, 15) is 4.79 Å². The summed E-state index contributed by atoms with van der Waals surface area (Å²) in [6, 6.07) is 7.60. The van der Waals surface area contributed by atoms with Crippen molar-refractivity contribution >= 4 is 28.5 Å². The molecule has 1 rings (SSSR count). The van der Waals surface area contributed by atoms with Gasteiger partial charge < -0.3 is 10.2 Å². The molecule has 1 aromatic carbocycles. The van der Waals surface area contributed by atoms with Crippen molar-refractivity contribution in [2.75, 3.05) is 27.2 Å². The lowest BCUT2D eigenvalue weighted by molar-refractivity contribution is -0.858. The first kappa shape index (κ1) is 13.4. The van der Waals surface area contributed by atoms with Gasteiger partial charge in [0.2, 0.25) is 0 Å². The van der Waals surface area contributed by atoms with E-state index in [1.54, 1.807) is 0 Å². The number of rotatable bonds is 5. The van der Waals surface area contributed by atoms with Crippen molar-refractivity contribution < 1.29 is 9.69 Å². The van der Waals surface area contributed by atoms with E-state index in [1.165, 1.54) is 4.90 Å². The van der Waals surface area contributed by atoms with Crippen molar-refractivity contribution in [3.63, 3.8) is 0 Å². The Hall–Kier alpha value is -0.620. The van der Waals surface area contributed by atoms with Crippen molar-refractivity contribution in [2.45, 2.75) is 6.42 Å². The first-order valence-electron chi connectivity index (χ1n) is 5.42. The summed E-state index contributed by atoms with van der Waals surface area (Å²) in [5.74, 6) is 0.0187. The molecular formula is C12H18IN2O+. The number of nitrogens with one attached hydrogen (secondary N) is 2. The molecule has 88 valence electrons. The minimum Gasteiger partial charge on any atom is -0.352 e. The zero-order chi connectivity index (χ0) is 12.0. The molecule has 0 spiro atoms. The van der Waals surface area contributed by atoms with Gasteiger partial charge in [-0.15, -0.1) is 0 Å². The van der Waals surface area contributed by atoms with Crippen molar-refractivity contribution in [2.24, 2.45) is 0 Å². The maximum Gasteiger partial charge on any atom is 0.251 e. The van der Waals surface area contributed by atoms with Gasteiger partial charge in [0.05, 0.1) is 20.6 Å². The lowest BCUT2D eigenvalue weighted by Crippen LogP contribution is -3.05. The van der Waals surface area contributed by atoms with Crippen molar-refractivity contribution in [1.29, 1.82) is 0 Å². The van der Waals surface area contributed by atoms with Crippen LogP contribution in [0.25, 0.3) is 0 Å². The molecule has 0 saturated carbocycles. The van der Waals surface area contributed by atoms with Gasteiger partial charge >= 0.3 is 0 Å². The summed E-state index contributed by atoms with van der Waals surface area (Å²) in [5, 5.41) is 2.92. The van der Waals surface area contributed by atoms with Crippen molar-refractivity contribution in [1.82, 2.24) is 5.32 Å². The number of benzene rings is 1. The van der Waals surface area contributed by atoms with Crippen LogP contribution in [0, 0.1) is 3.57 Å². The molecule has 0 fully saturated rings. The van der Waals surface area contributed by atoms with Crippen LogP contribution < -0.4 is 10.2 Å². The molecule has 0 bridgehead atoms. The fourth-order valence-electron chi connectivity index (χ4n) is 1.35. The van der Waals surface area contributed by atoms with E-state index in [4.69, 9.17) is 0 Å². The van der Waals surface area contributed by atoms with Gasteiger partial charge in [0.1, 0.15) is 0 Å². The second kappa shape index (κ2) is 6.85. The summed E-state index contributed by atoms with van der Waals surface area (Å²) in [7, 11) is 4.22. The van der Waals surface area contributed by atoms with E-state index in [0.717, 1.165) is 28.6 Å². The Bertz CT molecular complexity index is 335. The molecule has 0 aliphatic rings. The zero-order valence-electron chi connectivity index (χ0n) is 9.72. The van der Waals surface area contributed by atoms with Crippen LogP contribution in [-0.4, -0.2) is 33.1 Å². The number of carbonyl (C=O) groups excluding carboxylic acids is 1. The van der Waals surface area contributed by atoms with Crippen LogP contribution in [0.3, 0.4) is 0 Å². The van der Waals surface area contributed by atoms with Crippen molar-refractivity contribution in [3.8, 4) is 0 Å². The Kier molecular flexibility index (Phi) is 5.76. The highest BCUT2D eigenvalue weighted by atomic mass is 127. The van der Waals surface area contributed by atoms with Crippen LogP contribution in [0.4, 0.5) is 0 Å². The van der Waals surface area contributed by atoms with Gasteiger partial charge in [-0.3, -0.25) is 4.79 Å². The van der Waals surface area contributed by atoms with E-state index in [2.05, 4.69) is 42.0 Å². The van der Waals surface area contributed by atoms with Crippen LogP contribution in [0.1, 0.15) is 16.8 Å². The van der Waals surface area contributed by atoms with E-state index in [-0.39, 0.29) is 5.91 Å². The lowest BCUT2D eigenvalue weighted by atomic mass is 10.2. The zero-order valence-corrected chi connectivity index (χ0v) is 11.9. The van der Waals surface area contributed by atoms with Gasteiger partial charge in [0.25, 0.3) is 5.91 Å². The predicted octanol–water partition coefficient (Wildman–Crippen LogP) is 0.556. The summed E-state index contributed by atoms with van der Waals surface area (Å²) in [6.07, 6.45) is 1.01. The Morgan fingerprint density at radius 1 is 1.31 bits per heavy atom. The molecule has 16 heavy (non-hydrogen) atoms. The highest BCUT2D eigenvalue weighted by Gasteiger charge is 2.04. The Morgan fingerprint density at radius 3 is 2.50 bits per heavy atom. The van der Waals surface area contributed by atoms with Gasteiger partial charge in [-0.1, -0.05) is 0 Å². The third-order valence-electron chi connectivity index (χ3n) is 2.25. The summed E-state index contributed by atoms with van der Waals surface area (Å²) in [6.45, 7) is 1.82. The molecule has 0 aliphatic carbocycles. The molecule has 1 aromatic rings. The SMILES string of the molecule is C[NH+](C)CCCNC(=O)c1ccc(I)cc1. The van der Waals surface area contributed by atoms with Gasteiger partial charge in [0.15, 0.2) is 0 Å². The molecular weight excluding hydrogens is 315 g/mol. The minimum absolute atomic E-state index is 0.0187. The third-order valence-corrected chi connectivity index (χ3v) is 2.96. The van der Waals surface area contributed by atoms with Gasteiger partial charge in [-0.05, 0) is 46.9 Å². The van der Waals surface area contributed by atoms with Crippen LogP contribution >= 0.6 is 22.6 Å². The normalized spacial score (nSPS) is 10.5. The molecule has 4 heteroatoms. The molecule has 0 heterocycles. The first-order chi connectivity index (χ1) is 7.59. The fourth-order valence-corrected chi connectivity index (χ4v) is 1.71. The monoisotopic (exact) mass is 333 g/mol. The third kappa shape index (κ3) is 4.94. The standard InChI is InChI=1S/C12H17IN2O/c1-15(2)9-3-8-14-12(16)10-4-6-11(13)7-5-10/h4-7H,3,8-9H2,1-2H3,(H,14,16)/p+1. The number of hydrogen-bond acceptors (Lipinski definition) is 1. The van der Waals surface area contributed by atoms with Crippen molar-refractivity contribution in [3.05, 3.63) is 33.4 Å². The van der Waals surface area contributed by atoms with E-state index in [1.807, 2.05) is 24.3 Å². The lowest BCUT2D eigenvalue weighted by Gasteiger charge is -2.08. The maximum atomic E-state index is 11.7. The molecule has 3 nitrogen and oxygen atoms in total. The quantitative estimate of drug-likeness (QED) is 0.599. The fraction of sp³-hybridized carbons (Fsp3) is 0.417. The smallest absolute Gasteiger partial charge is 0.251 e. The maximum absolute atomic E-state index is 11.7. The summed E-state index contributed by atoms with van der Waals surface area (Å²) >= 11 is 2.23. The Morgan fingerprint density at radius 2 is 1.94 bits per heavy atom. The Labute approximate surface area is 110 Å². The van der Waals surface area contributed by atoms with E-state index < -0.39 is 0 Å². The molecule has 1 amide bonds. The average molecular weight is 333 g/mol. The summed E-state index contributed by atoms with van der Waals surface area (Å²) in [4.78, 5) is 13.1. The topological polar surface area (TPSA) is 33.5 Å². The van der Waals surface area contributed by atoms with Crippen LogP contribution in [-0.2, 0) is 0 Å².